The molecule has 0 amide bonds. The summed E-state index contributed by atoms with van der Waals surface area (Å²) in [5.74, 6) is 0.544. The van der Waals surface area contributed by atoms with Gasteiger partial charge in [0.1, 0.15) is 18.5 Å². The largest absolute Gasteiger partial charge is 0.491 e. The summed E-state index contributed by atoms with van der Waals surface area (Å²) < 4.78 is 35.2. The van der Waals surface area contributed by atoms with Crippen LogP contribution in [0.1, 0.15) is 12.5 Å². The Labute approximate surface area is 205 Å². The van der Waals surface area contributed by atoms with Crippen molar-refractivity contribution in [1.82, 2.24) is 4.98 Å². The second kappa shape index (κ2) is 10.9. The highest BCUT2D eigenvalue weighted by Crippen LogP contribution is 2.25. The molecular formula is C27H28N2O5S. The number of aliphatic hydroxyl groups excluding tert-OH is 1. The molecule has 0 aliphatic carbocycles. The maximum Gasteiger partial charge on any atom is 0.297 e. The van der Waals surface area contributed by atoms with Crippen LogP contribution in [0, 0.1) is 6.92 Å². The number of ether oxygens (including phenoxy) is 1. The summed E-state index contributed by atoms with van der Waals surface area (Å²) in [7, 11) is -3.94. The summed E-state index contributed by atoms with van der Waals surface area (Å²) in [5.41, 5.74) is 4.73. The first-order valence-electron chi connectivity index (χ1n) is 11.4. The van der Waals surface area contributed by atoms with Crippen LogP contribution in [0.5, 0.6) is 5.75 Å². The van der Waals surface area contributed by atoms with Crippen molar-refractivity contribution < 1.29 is 22.4 Å². The first-order valence-corrected chi connectivity index (χ1v) is 12.8. The lowest BCUT2D eigenvalue weighted by Gasteiger charge is -2.13. The summed E-state index contributed by atoms with van der Waals surface area (Å²) in [4.78, 5) is 4.78. The third-order valence-corrected chi connectivity index (χ3v) is 6.69. The Morgan fingerprint density at radius 1 is 0.943 bits per heavy atom. The van der Waals surface area contributed by atoms with Crippen molar-refractivity contribution in [2.75, 3.05) is 25.1 Å². The number of aliphatic hydroxyl groups is 1. The predicted octanol–water partition coefficient (Wildman–Crippen LogP) is 4.79. The first kappa shape index (κ1) is 24.7. The molecule has 182 valence electrons. The van der Waals surface area contributed by atoms with Gasteiger partial charge in [0.05, 0.1) is 22.7 Å². The number of pyridine rings is 1. The predicted molar refractivity (Wildman–Crippen MR) is 137 cm³/mol. The third-order valence-electron chi connectivity index (χ3n) is 5.39. The molecule has 35 heavy (non-hydrogen) atoms. The lowest BCUT2D eigenvalue weighted by molar-refractivity contribution is 0.0649. The summed E-state index contributed by atoms with van der Waals surface area (Å²) >= 11 is 0. The van der Waals surface area contributed by atoms with Gasteiger partial charge in [0.25, 0.3) is 10.1 Å². The molecule has 0 radical (unpaired) electrons. The fourth-order valence-corrected chi connectivity index (χ4v) is 4.44. The van der Waals surface area contributed by atoms with Gasteiger partial charge in [-0.15, -0.1) is 0 Å². The smallest absolute Gasteiger partial charge is 0.297 e. The standard InChI is InChI=1S/C27H28N2O5S/c1-3-28-22-9-6-20(7-10-22)26-14-8-21-16-24(11-15-27(21)29-26)33-17-23(30)18-34-35(31,32)25-12-4-19(2)5-13-25/h4-16,23,28,30H,3,17-18H2,1-2H3. The Morgan fingerprint density at radius 3 is 2.40 bits per heavy atom. The molecule has 8 heteroatoms. The van der Waals surface area contributed by atoms with Crippen LogP contribution in [0.2, 0.25) is 0 Å². The molecule has 0 spiro atoms. The van der Waals surface area contributed by atoms with Crippen LogP contribution in [0.15, 0.2) is 83.8 Å². The van der Waals surface area contributed by atoms with E-state index in [9.17, 15) is 13.5 Å². The summed E-state index contributed by atoms with van der Waals surface area (Å²) in [6.45, 7) is 4.28. The zero-order chi connectivity index (χ0) is 24.8. The van der Waals surface area contributed by atoms with Crippen LogP contribution >= 0.6 is 0 Å². The van der Waals surface area contributed by atoms with E-state index in [1.54, 1.807) is 18.2 Å². The van der Waals surface area contributed by atoms with Gasteiger partial charge in [-0.25, -0.2) is 4.98 Å². The van der Waals surface area contributed by atoms with Gasteiger partial charge < -0.3 is 15.2 Å². The van der Waals surface area contributed by atoms with E-state index in [1.165, 1.54) is 12.1 Å². The quantitative estimate of drug-likeness (QED) is 0.307. The first-order chi connectivity index (χ1) is 16.8. The van der Waals surface area contributed by atoms with E-state index in [2.05, 4.69) is 12.2 Å². The summed E-state index contributed by atoms with van der Waals surface area (Å²) in [5, 5.41) is 14.3. The summed E-state index contributed by atoms with van der Waals surface area (Å²) in [6, 6.07) is 23.8. The SMILES string of the molecule is CCNc1ccc(-c2ccc3cc(OCC(O)COS(=O)(=O)c4ccc(C)cc4)ccc3n2)cc1. The van der Waals surface area contributed by atoms with Crippen molar-refractivity contribution in [3.63, 3.8) is 0 Å². The topological polar surface area (TPSA) is 97.7 Å². The number of fused-ring (bicyclic) bond motifs is 1. The molecule has 2 N–H and O–H groups in total. The van der Waals surface area contributed by atoms with E-state index in [-0.39, 0.29) is 11.5 Å². The average Bonchev–Trinajstić information content (AvgIpc) is 2.87. The van der Waals surface area contributed by atoms with Crippen LogP contribution < -0.4 is 10.1 Å². The van der Waals surface area contributed by atoms with Crippen LogP contribution in [0.4, 0.5) is 5.69 Å². The molecule has 0 aliphatic heterocycles. The van der Waals surface area contributed by atoms with Crippen molar-refractivity contribution in [3.05, 3.63) is 84.4 Å². The van der Waals surface area contributed by atoms with Gasteiger partial charge in [-0.2, -0.15) is 8.42 Å². The van der Waals surface area contributed by atoms with E-state index in [4.69, 9.17) is 13.9 Å². The number of benzene rings is 3. The zero-order valence-corrected chi connectivity index (χ0v) is 20.5. The van der Waals surface area contributed by atoms with Crippen molar-refractivity contribution in [2.24, 2.45) is 0 Å². The van der Waals surface area contributed by atoms with E-state index >= 15 is 0 Å². The number of anilines is 1. The van der Waals surface area contributed by atoms with Crippen molar-refractivity contribution in [3.8, 4) is 17.0 Å². The second-order valence-electron chi connectivity index (χ2n) is 8.18. The van der Waals surface area contributed by atoms with Crippen LogP contribution in [-0.2, 0) is 14.3 Å². The van der Waals surface area contributed by atoms with Gasteiger partial charge in [0.2, 0.25) is 0 Å². The molecule has 0 fully saturated rings. The highest BCUT2D eigenvalue weighted by molar-refractivity contribution is 7.86. The monoisotopic (exact) mass is 492 g/mol. The molecule has 1 heterocycles. The zero-order valence-electron chi connectivity index (χ0n) is 19.6. The number of aryl methyl sites for hydroxylation is 1. The number of aromatic nitrogens is 1. The Morgan fingerprint density at radius 2 is 1.69 bits per heavy atom. The molecule has 3 aromatic carbocycles. The lowest BCUT2D eigenvalue weighted by atomic mass is 10.1. The number of hydrogen-bond acceptors (Lipinski definition) is 7. The van der Waals surface area contributed by atoms with E-state index in [1.807, 2.05) is 55.5 Å². The molecule has 1 aromatic heterocycles. The van der Waals surface area contributed by atoms with E-state index < -0.39 is 22.8 Å². The van der Waals surface area contributed by atoms with Crippen molar-refractivity contribution in [1.29, 1.82) is 0 Å². The molecule has 4 rings (SSSR count). The van der Waals surface area contributed by atoms with Crippen LogP contribution in [-0.4, -0.2) is 44.4 Å². The van der Waals surface area contributed by atoms with Gasteiger partial charge >= 0.3 is 0 Å². The molecular weight excluding hydrogens is 464 g/mol. The minimum absolute atomic E-state index is 0.0474. The second-order valence-corrected chi connectivity index (χ2v) is 9.79. The maximum absolute atomic E-state index is 12.3. The molecule has 1 unspecified atom stereocenters. The number of nitrogens with one attached hydrogen (secondary N) is 1. The molecule has 1 atom stereocenters. The van der Waals surface area contributed by atoms with Gasteiger partial charge in [-0.05, 0) is 62.4 Å². The fraction of sp³-hybridized carbons (Fsp3) is 0.222. The van der Waals surface area contributed by atoms with Gasteiger partial charge in [0, 0.05) is 23.2 Å². The van der Waals surface area contributed by atoms with E-state index in [0.717, 1.165) is 40.0 Å². The molecule has 0 aliphatic rings. The van der Waals surface area contributed by atoms with Gasteiger partial charge in [-0.1, -0.05) is 35.9 Å². The molecule has 7 nitrogen and oxygen atoms in total. The number of nitrogens with zero attached hydrogens (tertiary/aromatic N) is 1. The average molecular weight is 493 g/mol. The Hall–Kier alpha value is -3.46. The fourth-order valence-electron chi connectivity index (χ4n) is 3.50. The minimum atomic E-state index is -3.94. The van der Waals surface area contributed by atoms with Crippen molar-refractivity contribution >= 4 is 26.7 Å². The molecule has 4 aromatic rings. The highest BCUT2D eigenvalue weighted by atomic mass is 32.2. The van der Waals surface area contributed by atoms with Crippen LogP contribution in [0.3, 0.4) is 0 Å². The minimum Gasteiger partial charge on any atom is -0.491 e. The Kier molecular flexibility index (Phi) is 7.65. The van der Waals surface area contributed by atoms with E-state index in [0.29, 0.717) is 5.75 Å². The normalized spacial score (nSPS) is 12.4. The van der Waals surface area contributed by atoms with Gasteiger partial charge in [-0.3, -0.25) is 4.18 Å². The molecule has 0 bridgehead atoms. The molecule has 0 saturated carbocycles. The molecule has 0 saturated heterocycles. The number of rotatable bonds is 10. The Bertz CT molecular complexity index is 1390. The number of hydrogen-bond donors (Lipinski definition) is 2. The lowest BCUT2D eigenvalue weighted by Crippen LogP contribution is -2.25. The van der Waals surface area contributed by atoms with Crippen LogP contribution in [0.25, 0.3) is 22.2 Å². The third kappa shape index (κ3) is 6.36. The van der Waals surface area contributed by atoms with Crippen molar-refractivity contribution in [2.45, 2.75) is 24.8 Å². The Balaban J connectivity index is 1.35. The highest BCUT2D eigenvalue weighted by Gasteiger charge is 2.18. The van der Waals surface area contributed by atoms with Gasteiger partial charge in [0.15, 0.2) is 0 Å². The summed E-state index contributed by atoms with van der Waals surface area (Å²) in [6.07, 6.45) is -1.11. The maximum atomic E-state index is 12.3.